The van der Waals surface area contributed by atoms with E-state index in [2.05, 4.69) is 24.8 Å². The Bertz CT molecular complexity index is 593. The molecule has 1 N–H and O–H groups in total. The van der Waals surface area contributed by atoms with Gasteiger partial charge in [-0.1, -0.05) is 0 Å². The molecule has 3 aromatic heterocycles. The summed E-state index contributed by atoms with van der Waals surface area (Å²) in [6.07, 6.45) is 5.18. The first-order valence-electron chi connectivity index (χ1n) is 4.84. The summed E-state index contributed by atoms with van der Waals surface area (Å²) in [6.45, 7) is 0.743. The SMILES string of the molecule is CNCc1c(-n2cncn2)nc2sccn12. The van der Waals surface area contributed by atoms with Crippen LogP contribution in [0.2, 0.25) is 0 Å². The van der Waals surface area contributed by atoms with Gasteiger partial charge in [0.1, 0.15) is 12.7 Å². The van der Waals surface area contributed by atoms with Crippen LogP contribution in [0.1, 0.15) is 5.69 Å². The number of rotatable bonds is 3. The smallest absolute Gasteiger partial charge is 0.196 e. The third-order valence-electron chi connectivity index (χ3n) is 2.32. The summed E-state index contributed by atoms with van der Waals surface area (Å²) in [5.74, 6) is 0.832. The van der Waals surface area contributed by atoms with Crippen molar-refractivity contribution in [3.8, 4) is 5.82 Å². The fraction of sp³-hybridized carbons (Fsp3) is 0.222. The molecule has 7 heteroatoms. The summed E-state index contributed by atoms with van der Waals surface area (Å²) in [5, 5.41) is 9.27. The van der Waals surface area contributed by atoms with Crippen molar-refractivity contribution in [1.82, 2.24) is 29.5 Å². The van der Waals surface area contributed by atoms with Crippen molar-refractivity contribution in [2.45, 2.75) is 6.54 Å². The minimum absolute atomic E-state index is 0.743. The van der Waals surface area contributed by atoms with Crippen molar-refractivity contribution in [1.29, 1.82) is 0 Å². The molecule has 0 aliphatic rings. The number of imidazole rings is 1. The maximum atomic E-state index is 4.54. The van der Waals surface area contributed by atoms with Crippen molar-refractivity contribution in [3.05, 3.63) is 29.9 Å². The van der Waals surface area contributed by atoms with Gasteiger partial charge in [0.25, 0.3) is 0 Å². The average Bonchev–Trinajstić information content (AvgIpc) is 2.93. The fourth-order valence-electron chi connectivity index (χ4n) is 1.65. The Kier molecular flexibility index (Phi) is 2.19. The maximum absolute atomic E-state index is 4.54. The highest BCUT2D eigenvalue weighted by atomic mass is 32.1. The molecule has 0 saturated carbocycles. The number of thiazole rings is 1. The van der Waals surface area contributed by atoms with Crippen molar-refractivity contribution < 1.29 is 0 Å². The molecule has 0 aliphatic heterocycles. The number of hydrogen-bond donors (Lipinski definition) is 1. The van der Waals surface area contributed by atoms with E-state index in [1.807, 2.05) is 18.6 Å². The highest BCUT2D eigenvalue weighted by Gasteiger charge is 2.14. The molecular formula is C9H10N6S. The average molecular weight is 234 g/mol. The zero-order valence-corrected chi connectivity index (χ0v) is 9.48. The summed E-state index contributed by atoms with van der Waals surface area (Å²) >= 11 is 1.61. The van der Waals surface area contributed by atoms with E-state index in [-0.39, 0.29) is 0 Å². The first-order chi connectivity index (χ1) is 7.90. The summed E-state index contributed by atoms with van der Waals surface area (Å²) in [7, 11) is 1.91. The van der Waals surface area contributed by atoms with Crippen molar-refractivity contribution in [2.75, 3.05) is 7.05 Å². The zero-order valence-electron chi connectivity index (χ0n) is 8.66. The van der Waals surface area contributed by atoms with E-state index in [0.717, 1.165) is 23.0 Å². The lowest BCUT2D eigenvalue weighted by Gasteiger charge is -2.01. The first-order valence-corrected chi connectivity index (χ1v) is 5.72. The van der Waals surface area contributed by atoms with Crippen molar-refractivity contribution in [3.63, 3.8) is 0 Å². The Labute approximate surface area is 95.6 Å². The van der Waals surface area contributed by atoms with Crippen LogP contribution in [0.3, 0.4) is 0 Å². The van der Waals surface area contributed by atoms with Crippen LogP contribution >= 0.6 is 11.3 Å². The molecule has 16 heavy (non-hydrogen) atoms. The molecule has 0 amide bonds. The van der Waals surface area contributed by atoms with E-state index in [4.69, 9.17) is 0 Å². The number of fused-ring (bicyclic) bond motifs is 1. The molecule has 0 radical (unpaired) electrons. The maximum Gasteiger partial charge on any atom is 0.196 e. The van der Waals surface area contributed by atoms with E-state index < -0.39 is 0 Å². The molecule has 0 bridgehead atoms. The van der Waals surface area contributed by atoms with Gasteiger partial charge in [-0.05, 0) is 7.05 Å². The standard InChI is InChI=1S/C9H10N6S/c1-10-4-7-8(15-6-11-5-12-15)13-9-14(7)2-3-16-9/h2-3,5-6,10H,4H2,1H3. The lowest BCUT2D eigenvalue weighted by molar-refractivity contribution is 0.755. The van der Waals surface area contributed by atoms with Crippen molar-refractivity contribution in [2.24, 2.45) is 0 Å². The van der Waals surface area contributed by atoms with Crippen LogP contribution in [-0.4, -0.2) is 31.2 Å². The molecule has 6 nitrogen and oxygen atoms in total. The summed E-state index contributed by atoms with van der Waals surface area (Å²) in [5.41, 5.74) is 1.09. The van der Waals surface area contributed by atoms with Crippen LogP contribution in [0.15, 0.2) is 24.2 Å². The van der Waals surface area contributed by atoms with Gasteiger partial charge in [0, 0.05) is 18.1 Å². The Morgan fingerprint density at radius 1 is 1.50 bits per heavy atom. The molecule has 0 saturated heterocycles. The largest absolute Gasteiger partial charge is 0.314 e. The predicted molar refractivity (Wildman–Crippen MR) is 60.7 cm³/mol. The molecule has 0 aromatic carbocycles. The van der Waals surface area contributed by atoms with Crippen LogP contribution in [0.25, 0.3) is 10.8 Å². The third-order valence-corrected chi connectivity index (χ3v) is 3.08. The number of aromatic nitrogens is 5. The van der Waals surface area contributed by atoms with E-state index in [0.29, 0.717) is 0 Å². The molecule has 3 rings (SSSR count). The zero-order chi connectivity index (χ0) is 11.0. The van der Waals surface area contributed by atoms with Gasteiger partial charge in [-0.2, -0.15) is 10.1 Å². The Morgan fingerprint density at radius 3 is 3.19 bits per heavy atom. The molecule has 82 valence electrons. The lowest BCUT2D eigenvalue weighted by Crippen LogP contribution is -2.10. The van der Waals surface area contributed by atoms with Crippen LogP contribution < -0.4 is 5.32 Å². The Morgan fingerprint density at radius 2 is 2.44 bits per heavy atom. The molecule has 0 atom stereocenters. The van der Waals surface area contributed by atoms with Gasteiger partial charge >= 0.3 is 0 Å². The molecule has 0 aliphatic carbocycles. The normalized spacial score (nSPS) is 11.3. The first kappa shape index (κ1) is 9.49. The van der Waals surface area contributed by atoms with Gasteiger partial charge in [0.15, 0.2) is 10.8 Å². The van der Waals surface area contributed by atoms with Gasteiger partial charge in [0.2, 0.25) is 0 Å². The van der Waals surface area contributed by atoms with Crippen LogP contribution in [0.4, 0.5) is 0 Å². The monoisotopic (exact) mass is 234 g/mol. The summed E-state index contributed by atoms with van der Waals surface area (Å²) in [4.78, 5) is 9.44. The van der Waals surface area contributed by atoms with Gasteiger partial charge < -0.3 is 5.32 Å². The quantitative estimate of drug-likeness (QED) is 0.724. The van der Waals surface area contributed by atoms with Crippen LogP contribution in [0, 0.1) is 0 Å². The summed E-state index contributed by atoms with van der Waals surface area (Å²) in [6, 6.07) is 0. The molecule has 3 aromatic rings. The third kappa shape index (κ3) is 1.33. The minimum Gasteiger partial charge on any atom is -0.314 e. The molecule has 3 heterocycles. The van der Waals surface area contributed by atoms with Gasteiger partial charge in [-0.15, -0.1) is 11.3 Å². The van der Waals surface area contributed by atoms with Gasteiger partial charge in [-0.25, -0.2) is 9.67 Å². The highest BCUT2D eigenvalue weighted by Crippen LogP contribution is 2.19. The summed E-state index contributed by atoms with van der Waals surface area (Å²) < 4.78 is 3.75. The molecule has 0 unspecified atom stereocenters. The highest BCUT2D eigenvalue weighted by molar-refractivity contribution is 7.15. The minimum atomic E-state index is 0.743. The van der Waals surface area contributed by atoms with Crippen LogP contribution in [-0.2, 0) is 6.54 Å². The molecule has 0 spiro atoms. The second-order valence-corrected chi connectivity index (χ2v) is 4.18. The second-order valence-electron chi connectivity index (χ2n) is 3.31. The Hall–Kier alpha value is -1.73. The number of nitrogens with zero attached hydrogens (tertiary/aromatic N) is 5. The molecular weight excluding hydrogens is 224 g/mol. The fourth-order valence-corrected chi connectivity index (χ4v) is 2.38. The van der Waals surface area contributed by atoms with E-state index in [9.17, 15) is 0 Å². The number of nitrogens with one attached hydrogen (secondary N) is 1. The lowest BCUT2D eigenvalue weighted by atomic mass is 10.4. The second kappa shape index (κ2) is 3.69. The van der Waals surface area contributed by atoms with Crippen LogP contribution in [0.5, 0.6) is 0 Å². The van der Waals surface area contributed by atoms with E-state index >= 15 is 0 Å². The van der Waals surface area contributed by atoms with Gasteiger partial charge in [-0.3, -0.25) is 4.40 Å². The molecule has 0 fully saturated rings. The topological polar surface area (TPSA) is 60.0 Å². The van der Waals surface area contributed by atoms with Crippen molar-refractivity contribution >= 4 is 16.3 Å². The van der Waals surface area contributed by atoms with E-state index in [1.54, 1.807) is 22.3 Å². The van der Waals surface area contributed by atoms with E-state index in [1.165, 1.54) is 6.33 Å². The van der Waals surface area contributed by atoms with Gasteiger partial charge in [0.05, 0.1) is 5.69 Å². The number of hydrogen-bond acceptors (Lipinski definition) is 5. The Balaban J connectivity index is 2.22. The predicted octanol–water partition coefficient (Wildman–Crippen LogP) is 0.696.